The molecule has 1 heterocycles. The highest BCUT2D eigenvalue weighted by Crippen LogP contribution is 2.36. The van der Waals surface area contributed by atoms with E-state index in [1.54, 1.807) is 17.5 Å². The maximum atomic E-state index is 12.9. The van der Waals surface area contributed by atoms with Gasteiger partial charge in [0.2, 0.25) is 5.91 Å². The molecular weight excluding hydrogens is 581 g/mol. The fourth-order valence-electron chi connectivity index (χ4n) is 2.87. The number of hydrogen-bond acceptors (Lipinski definition) is 9. The van der Waals surface area contributed by atoms with Gasteiger partial charge in [-0.05, 0) is 51.8 Å². The molecule has 0 aliphatic heterocycles. The first kappa shape index (κ1) is 27.9. The Hall–Kier alpha value is -3.65. The van der Waals surface area contributed by atoms with Crippen molar-refractivity contribution in [1.82, 2.24) is 10.4 Å². The predicted molar refractivity (Wildman–Crippen MR) is 134 cm³/mol. The number of hydrogen-bond donors (Lipinski definition) is 2. The van der Waals surface area contributed by atoms with Gasteiger partial charge in [0.15, 0.2) is 23.2 Å². The molecular formula is C23H20BrF3N4O5S. The second-order valence-electron chi connectivity index (χ2n) is 7.22. The summed E-state index contributed by atoms with van der Waals surface area (Å²) in [7, 11) is 2.68. The molecule has 9 nitrogen and oxygen atoms in total. The van der Waals surface area contributed by atoms with E-state index < -0.39 is 23.6 Å². The topological polar surface area (TPSA) is 111 Å². The number of anilines is 2. The maximum absolute atomic E-state index is 12.9. The third-order valence-corrected chi connectivity index (χ3v) is 5.95. The Balaban J connectivity index is 1.57. The van der Waals surface area contributed by atoms with E-state index in [1.165, 1.54) is 32.6 Å². The molecule has 37 heavy (non-hydrogen) atoms. The minimum atomic E-state index is -4.45. The molecule has 1 aromatic heterocycles. The zero-order valence-corrected chi connectivity index (χ0v) is 21.8. The van der Waals surface area contributed by atoms with E-state index in [4.69, 9.17) is 9.47 Å². The zero-order chi connectivity index (χ0) is 27.0. The summed E-state index contributed by atoms with van der Waals surface area (Å²) in [6, 6.07) is 7.99. The largest absolute Gasteiger partial charge is 0.493 e. The number of hydrazone groups is 1. The molecule has 0 bridgehead atoms. The van der Waals surface area contributed by atoms with E-state index >= 15 is 0 Å². The molecule has 0 aliphatic rings. The number of amides is 1. The Morgan fingerprint density at radius 2 is 2.00 bits per heavy atom. The molecule has 3 rings (SSSR count). The molecule has 0 saturated heterocycles. The number of benzene rings is 2. The van der Waals surface area contributed by atoms with Crippen LogP contribution in [0.5, 0.6) is 11.5 Å². The van der Waals surface area contributed by atoms with Gasteiger partial charge in [-0.2, -0.15) is 18.3 Å². The fraction of sp³-hybridized carbons (Fsp3) is 0.217. The zero-order valence-electron chi connectivity index (χ0n) is 19.4. The Morgan fingerprint density at radius 3 is 2.70 bits per heavy atom. The summed E-state index contributed by atoms with van der Waals surface area (Å²) in [5.74, 6) is -0.376. The number of nitrogens with zero attached hydrogens (tertiary/aromatic N) is 2. The number of carbonyl (C=O) groups excluding carboxylic acids is 2. The number of aromatic nitrogens is 1. The van der Waals surface area contributed by atoms with Crippen LogP contribution in [0.15, 0.2) is 51.4 Å². The first-order valence-corrected chi connectivity index (χ1v) is 12.0. The lowest BCUT2D eigenvalue weighted by molar-refractivity contribution is -0.143. The summed E-state index contributed by atoms with van der Waals surface area (Å²) in [6.45, 7) is -0.303. The molecule has 0 unspecified atom stereocenters. The van der Waals surface area contributed by atoms with Crippen molar-refractivity contribution >= 4 is 56.2 Å². The number of alkyl halides is 3. The van der Waals surface area contributed by atoms with Crippen LogP contribution in [0.3, 0.4) is 0 Å². The highest BCUT2D eigenvalue weighted by Gasteiger charge is 2.30. The summed E-state index contributed by atoms with van der Waals surface area (Å²) in [5.41, 5.74) is 2.82. The Kier molecular flexibility index (Phi) is 9.47. The summed E-state index contributed by atoms with van der Waals surface area (Å²) >= 11 is 4.49. The first-order chi connectivity index (χ1) is 17.6. The van der Waals surface area contributed by atoms with Crippen molar-refractivity contribution in [2.45, 2.75) is 12.6 Å². The second-order valence-corrected chi connectivity index (χ2v) is 8.93. The van der Waals surface area contributed by atoms with E-state index in [2.05, 4.69) is 41.5 Å². The third-order valence-electron chi connectivity index (χ3n) is 4.55. The maximum Gasteiger partial charge on any atom is 0.416 e. The minimum absolute atomic E-state index is 0.0918. The van der Waals surface area contributed by atoms with Gasteiger partial charge in [-0.3, -0.25) is 4.79 Å². The van der Waals surface area contributed by atoms with Gasteiger partial charge in [-0.25, -0.2) is 15.2 Å². The molecule has 2 aromatic carbocycles. The SMILES string of the molecule is COC(=O)COc1c(Br)cc(/C=N\NC(=O)Cc2csc(Nc3cccc(C(F)(F)F)c3)n2)cc1OC. The van der Waals surface area contributed by atoms with Crippen LogP contribution < -0.4 is 20.2 Å². The monoisotopic (exact) mass is 600 g/mol. The standard InChI is InChI=1S/C23H20BrF3N4O5S/c1-34-18-7-13(6-17(24)21(18)36-11-20(33)35-2)10-28-31-19(32)9-16-12-37-22(30-16)29-15-5-3-4-14(8-15)23(25,26)27/h3-8,10,12H,9,11H2,1-2H3,(H,29,30)(H,31,32)/b28-10-. The van der Waals surface area contributed by atoms with Crippen molar-refractivity contribution in [2.24, 2.45) is 5.10 Å². The Morgan fingerprint density at radius 1 is 1.22 bits per heavy atom. The molecule has 0 aliphatic carbocycles. The number of rotatable bonds is 10. The Labute approximate surface area is 221 Å². The number of ether oxygens (including phenoxy) is 3. The van der Waals surface area contributed by atoms with E-state index in [1.807, 2.05) is 0 Å². The van der Waals surface area contributed by atoms with Gasteiger partial charge >= 0.3 is 12.1 Å². The first-order valence-electron chi connectivity index (χ1n) is 10.4. The van der Waals surface area contributed by atoms with Crippen LogP contribution in [0, 0.1) is 0 Å². The number of carbonyl (C=O) groups is 2. The van der Waals surface area contributed by atoms with Crippen LogP contribution in [0.1, 0.15) is 16.8 Å². The predicted octanol–water partition coefficient (Wildman–Crippen LogP) is 4.92. The van der Waals surface area contributed by atoms with Gasteiger partial charge in [0.1, 0.15) is 0 Å². The van der Waals surface area contributed by atoms with Crippen molar-refractivity contribution in [3.8, 4) is 11.5 Å². The lowest BCUT2D eigenvalue weighted by atomic mass is 10.2. The summed E-state index contributed by atoms with van der Waals surface area (Å²) in [4.78, 5) is 27.8. The minimum Gasteiger partial charge on any atom is -0.493 e. The van der Waals surface area contributed by atoms with Gasteiger partial charge in [-0.15, -0.1) is 11.3 Å². The third kappa shape index (κ3) is 8.18. The van der Waals surface area contributed by atoms with E-state index in [0.717, 1.165) is 23.5 Å². The van der Waals surface area contributed by atoms with Crippen molar-refractivity contribution in [3.63, 3.8) is 0 Å². The summed E-state index contributed by atoms with van der Waals surface area (Å²) < 4.78 is 54.4. The van der Waals surface area contributed by atoms with Crippen LogP contribution in [-0.4, -0.2) is 43.9 Å². The highest BCUT2D eigenvalue weighted by molar-refractivity contribution is 9.10. The van der Waals surface area contributed by atoms with Crippen molar-refractivity contribution in [3.05, 3.63) is 63.1 Å². The van der Waals surface area contributed by atoms with E-state index in [-0.39, 0.29) is 18.7 Å². The smallest absolute Gasteiger partial charge is 0.416 e. The van der Waals surface area contributed by atoms with Crippen LogP contribution in [0.2, 0.25) is 0 Å². The van der Waals surface area contributed by atoms with Crippen LogP contribution >= 0.6 is 27.3 Å². The molecule has 0 fully saturated rings. The number of nitrogens with one attached hydrogen (secondary N) is 2. The molecule has 0 radical (unpaired) electrons. The molecule has 14 heteroatoms. The van der Waals surface area contributed by atoms with Gasteiger partial charge in [0.05, 0.1) is 42.6 Å². The van der Waals surface area contributed by atoms with Crippen LogP contribution in [-0.2, 0) is 26.9 Å². The van der Waals surface area contributed by atoms with Crippen molar-refractivity contribution in [1.29, 1.82) is 0 Å². The molecule has 1 amide bonds. The summed E-state index contributed by atoms with van der Waals surface area (Å²) in [6.07, 6.45) is -3.16. The van der Waals surface area contributed by atoms with Gasteiger partial charge in [-0.1, -0.05) is 6.07 Å². The molecule has 0 saturated carbocycles. The van der Waals surface area contributed by atoms with Crippen molar-refractivity contribution in [2.75, 3.05) is 26.1 Å². The van der Waals surface area contributed by atoms with Crippen LogP contribution in [0.4, 0.5) is 24.0 Å². The Bertz CT molecular complexity index is 1300. The molecule has 0 atom stereocenters. The lowest BCUT2D eigenvalue weighted by Gasteiger charge is -2.12. The average Bonchev–Trinajstić information content (AvgIpc) is 3.28. The molecule has 196 valence electrons. The second kappa shape index (κ2) is 12.5. The number of esters is 1. The van der Waals surface area contributed by atoms with Gasteiger partial charge in [0.25, 0.3) is 0 Å². The normalized spacial score (nSPS) is 11.3. The average molecular weight is 601 g/mol. The van der Waals surface area contributed by atoms with Crippen molar-refractivity contribution < 1.29 is 37.0 Å². The van der Waals surface area contributed by atoms with E-state index in [9.17, 15) is 22.8 Å². The van der Waals surface area contributed by atoms with E-state index in [0.29, 0.717) is 32.4 Å². The number of thiazole rings is 1. The molecule has 3 aromatic rings. The molecule has 2 N–H and O–H groups in total. The number of halogens is 4. The van der Waals surface area contributed by atoms with Crippen LogP contribution in [0.25, 0.3) is 0 Å². The highest BCUT2D eigenvalue weighted by atomic mass is 79.9. The lowest BCUT2D eigenvalue weighted by Crippen LogP contribution is -2.20. The quantitative estimate of drug-likeness (QED) is 0.193. The van der Waals surface area contributed by atoms with Gasteiger partial charge in [0, 0.05) is 11.1 Å². The number of methoxy groups -OCH3 is 2. The fourth-order valence-corrected chi connectivity index (χ4v) is 4.17. The van der Waals surface area contributed by atoms with Gasteiger partial charge < -0.3 is 19.5 Å². The molecule has 0 spiro atoms. The summed E-state index contributed by atoms with van der Waals surface area (Å²) in [5, 5.41) is 8.69.